The molecule has 0 saturated carbocycles. The van der Waals surface area contributed by atoms with E-state index in [4.69, 9.17) is 5.14 Å². The first-order valence-corrected chi connectivity index (χ1v) is 8.71. The van der Waals surface area contributed by atoms with E-state index in [-0.39, 0.29) is 10.9 Å². The summed E-state index contributed by atoms with van der Waals surface area (Å²) in [6.45, 7) is 4.05. The van der Waals surface area contributed by atoms with Crippen LogP contribution in [0.5, 0.6) is 0 Å². The Kier molecular flexibility index (Phi) is 6.09. The molecule has 0 saturated heterocycles. The van der Waals surface area contributed by atoms with Crippen molar-refractivity contribution >= 4 is 27.5 Å². The normalized spacial score (nSPS) is 13.3. The number of hydrogen-bond acceptors (Lipinski definition) is 4. The van der Waals surface area contributed by atoms with Crippen LogP contribution in [0.4, 0.5) is 10.1 Å². The first-order valence-electron chi connectivity index (χ1n) is 6.01. The Bertz CT molecular complexity index is 520. The quantitative estimate of drug-likeness (QED) is 0.759. The molecule has 0 aromatic heterocycles. The minimum Gasteiger partial charge on any atom is -0.380 e. The van der Waals surface area contributed by atoms with E-state index in [9.17, 15) is 12.8 Å². The number of benzene rings is 1. The average molecular weight is 306 g/mol. The van der Waals surface area contributed by atoms with Crippen molar-refractivity contribution in [1.29, 1.82) is 0 Å². The number of nitrogens with one attached hydrogen (secondary N) is 1. The Morgan fingerprint density at radius 3 is 2.68 bits per heavy atom. The summed E-state index contributed by atoms with van der Waals surface area (Å²) in [5.74, 6) is 1.45. The van der Waals surface area contributed by atoms with Crippen molar-refractivity contribution in [2.45, 2.75) is 31.2 Å². The molecule has 1 aromatic carbocycles. The number of anilines is 1. The molecule has 7 heteroatoms. The molecule has 0 fully saturated rings. The standard InChI is InChI=1S/C12H19FN2O2S2/c1-3-18-7-6-9(2)15-12-5-4-10(8-11(12)13)19(14,16)17/h4-5,8-9,15H,3,6-7H2,1-2H3,(H2,14,16,17). The number of sulfonamides is 1. The maximum Gasteiger partial charge on any atom is 0.238 e. The summed E-state index contributed by atoms with van der Waals surface area (Å²) in [4.78, 5) is -0.218. The summed E-state index contributed by atoms with van der Waals surface area (Å²) in [5.41, 5.74) is 0.293. The molecule has 1 rings (SSSR count). The van der Waals surface area contributed by atoms with Crippen molar-refractivity contribution in [3.63, 3.8) is 0 Å². The second-order valence-electron chi connectivity index (χ2n) is 4.22. The number of halogens is 1. The highest BCUT2D eigenvalue weighted by Crippen LogP contribution is 2.19. The van der Waals surface area contributed by atoms with Crippen LogP contribution in [0.2, 0.25) is 0 Å². The summed E-state index contributed by atoms with van der Waals surface area (Å²) >= 11 is 1.83. The van der Waals surface area contributed by atoms with Crippen molar-refractivity contribution in [3.8, 4) is 0 Å². The lowest BCUT2D eigenvalue weighted by molar-refractivity contribution is 0.592. The van der Waals surface area contributed by atoms with Gasteiger partial charge in [0.05, 0.1) is 10.6 Å². The van der Waals surface area contributed by atoms with Crippen LogP contribution in [0.15, 0.2) is 23.1 Å². The van der Waals surface area contributed by atoms with Crippen LogP contribution in [-0.2, 0) is 10.0 Å². The molecular formula is C12H19FN2O2S2. The van der Waals surface area contributed by atoms with Gasteiger partial charge in [-0.05, 0) is 43.0 Å². The van der Waals surface area contributed by atoms with E-state index in [2.05, 4.69) is 12.2 Å². The van der Waals surface area contributed by atoms with Crippen LogP contribution in [0.3, 0.4) is 0 Å². The number of hydrogen-bond donors (Lipinski definition) is 2. The van der Waals surface area contributed by atoms with Crippen LogP contribution in [0.1, 0.15) is 20.3 Å². The van der Waals surface area contributed by atoms with Gasteiger partial charge in [-0.25, -0.2) is 17.9 Å². The monoisotopic (exact) mass is 306 g/mol. The molecule has 1 atom stereocenters. The van der Waals surface area contributed by atoms with Gasteiger partial charge in [0.25, 0.3) is 0 Å². The summed E-state index contributed by atoms with van der Waals surface area (Å²) < 4.78 is 35.9. The largest absolute Gasteiger partial charge is 0.380 e. The molecule has 108 valence electrons. The Labute approximate surface area is 118 Å². The molecule has 19 heavy (non-hydrogen) atoms. The highest BCUT2D eigenvalue weighted by Gasteiger charge is 2.12. The van der Waals surface area contributed by atoms with E-state index in [1.165, 1.54) is 12.1 Å². The van der Waals surface area contributed by atoms with Crippen molar-refractivity contribution in [2.24, 2.45) is 5.14 Å². The number of thioether (sulfide) groups is 1. The van der Waals surface area contributed by atoms with Crippen LogP contribution < -0.4 is 10.5 Å². The van der Waals surface area contributed by atoms with E-state index < -0.39 is 15.8 Å². The van der Waals surface area contributed by atoms with Gasteiger partial charge in [0.2, 0.25) is 10.0 Å². The lowest BCUT2D eigenvalue weighted by Gasteiger charge is -2.15. The predicted molar refractivity (Wildman–Crippen MR) is 78.5 cm³/mol. The fourth-order valence-corrected chi connectivity index (χ4v) is 2.87. The van der Waals surface area contributed by atoms with Crippen molar-refractivity contribution < 1.29 is 12.8 Å². The van der Waals surface area contributed by atoms with Gasteiger partial charge in [-0.2, -0.15) is 11.8 Å². The fourth-order valence-electron chi connectivity index (χ4n) is 1.53. The van der Waals surface area contributed by atoms with E-state index in [1.54, 1.807) is 0 Å². The van der Waals surface area contributed by atoms with Gasteiger partial charge in [0, 0.05) is 6.04 Å². The summed E-state index contributed by atoms with van der Waals surface area (Å²) in [6.07, 6.45) is 0.912. The highest BCUT2D eigenvalue weighted by molar-refractivity contribution is 7.99. The van der Waals surface area contributed by atoms with Gasteiger partial charge in [-0.15, -0.1) is 0 Å². The third-order valence-electron chi connectivity index (χ3n) is 2.57. The van der Waals surface area contributed by atoms with Crippen LogP contribution >= 0.6 is 11.8 Å². The predicted octanol–water partition coefficient (Wildman–Crippen LogP) is 2.42. The van der Waals surface area contributed by atoms with Gasteiger partial charge in [-0.1, -0.05) is 6.92 Å². The minimum atomic E-state index is -3.86. The molecular weight excluding hydrogens is 287 g/mol. The molecule has 0 aliphatic carbocycles. The second-order valence-corrected chi connectivity index (χ2v) is 7.17. The zero-order chi connectivity index (χ0) is 14.5. The number of rotatable bonds is 7. The Balaban J connectivity index is 2.70. The number of primary sulfonamides is 1. The molecule has 0 radical (unpaired) electrons. The van der Waals surface area contributed by atoms with E-state index in [1.807, 2.05) is 18.7 Å². The van der Waals surface area contributed by atoms with Crippen molar-refractivity contribution in [1.82, 2.24) is 0 Å². The molecule has 3 N–H and O–H groups in total. The summed E-state index contributed by atoms with van der Waals surface area (Å²) in [5, 5.41) is 7.96. The first kappa shape index (κ1) is 16.3. The fraction of sp³-hybridized carbons (Fsp3) is 0.500. The Morgan fingerprint density at radius 2 is 2.16 bits per heavy atom. The third-order valence-corrected chi connectivity index (χ3v) is 4.41. The van der Waals surface area contributed by atoms with Crippen molar-refractivity contribution in [3.05, 3.63) is 24.0 Å². The smallest absolute Gasteiger partial charge is 0.238 e. The molecule has 0 bridgehead atoms. The summed E-state index contributed by atoms with van der Waals surface area (Å²) in [6, 6.07) is 3.76. The molecule has 0 aliphatic rings. The molecule has 0 heterocycles. The topological polar surface area (TPSA) is 72.2 Å². The maximum atomic E-state index is 13.7. The van der Waals surface area contributed by atoms with Gasteiger partial charge < -0.3 is 5.32 Å². The van der Waals surface area contributed by atoms with Crippen LogP contribution in [0, 0.1) is 5.82 Å². The molecule has 1 unspecified atom stereocenters. The lowest BCUT2D eigenvalue weighted by Crippen LogP contribution is -2.18. The molecule has 0 aliphatic heterocycles. The Hall–Kier alpha value is -0.790. The summed E-state index contributed by atoms with van der Waals surface area (Å²) in [7, 11) is -3.86. The van der Waals surface area contributed by atoms with Gasteiger partial charge in [-0.3, -0.25) is 0 Å². The molecule has 0 amide bonds. The van der Waals surface area contributed by atoms with E-state index in [0.29, 0.717) is 5.69 Å². The average Bonchev–Trinajstić information content (AvgIpc) is 2.31. The van der Waals surface area contributed by atoms with E-state index in [0.717, 1.165) is 24.0 Å². The number of nitrogens with two attached hydrogens (primary N) is 1. The van der Waals surface area contributed by atoms with Gasteiger partial charge in [0.15, 0.2) is 0 Å². The maximum absolute atomic E-state index is 13.7. The Morgan fingerprint density at radius 1 is 1.47 bits per heavy atom. The molecule has 1 aromatic rings. The second kappa shape index (κ2) is 7.12. The van der Waals surface area contributed by atoms with E-state index >= 15 is 0 Å². The zero-order valence-corrected chi connectivity index (χ0v) is 12.7. The SMILES string of the molecule is CCSCCC(C)Nc1ccc(S(N)(=O)=O)cc1F. The van der Waals surface area contributed by atoms with Crippen LogP contribution in [0.25, 0.3) is 0 Å². The van der Waals surface area contributed by atoms with Gasteiger partial charge in [0.1, 0.15) is 5.82 Å². The van der Waals surface area contributed by atoms with Crippen LogP contribution in [-0.4, -0.2) is 26.0 Å². The molecule has 0 spiro atoms. The molecule has 4 nitrogen and oxygen atoms in total. The highest BCUT2D eigenvalue weighted by atomic mass is 32.2. The zero-order valence-electron chi connectivity index (χ0n) is 11.0. The third kappa shape index (κ3) is 5.38. The lowest BCUT2D eigenvalue weighted by atomic mass is 10.2. The van der Waals surface area contributed by atoms with Gasteiger partial charge >= 0.3 is 0 Å². The minimum absolute atomic E-state index is 0.119. The van der Waals surface area contributed by atoms with Crippen molar-refractivity contribution in [2.75, 3.05) is 16.8 Å². The first-order chi connectivity index (χ1) is 8.84.